The number of hydrogen-bond donors (Lipinski definition) is 5. The topological polar surface area (TPSA) is 168 Å². The fraction of sp³-hybridized carbons (Fsp3) is 0.440. The summed E-state index contributed by atoms with van der Waals surface area (Å²) in [4.78, 5) is 37.1. The van der Waals surface area contributed by atoms with Gasteiger partial charge in [0.2, 0.25) is 0 Å². The van der Waals surface area contributed by atoms with Crippen LogP contribution in [0.2, 0.25) is 0 Å². The molecule has 0 spiro atoms. The average molecular weight is 505 g/mol. The second kappa shape index (κ2) is 11.1. The van der Waals surface area contributed by atoms with E-state index < -0.39 is 42.0 Å². The van der Waals surface area contributed by atoms with Crippen molar-refractivity contribution in [2.24, 2.45) is 11.8 Å². The lowest BCUT2D eigenvalue weighted by molar-refractivity contribution is -0.170. The molecule has 1 saturated heterocycles. The van der Waals surface area contributed by atoms with Gasteiger partial charge in [0.25, 0.3) is 0 Å². The first-order valence-corrected chi connectivity index (χ1v) is 11.4. The SMILES string of the molecule is O=C(O)CC(O)(CC(=O)O)C(=O)O.O[C@@]1(c2ccccn2)CC[C@H]2CN(Cc3ccccc3F)C[C@H]21. The number of likely N-dealkylation sites (tertiary alicyclic amines) is 1. The Balaban J connectivity index is 0.000000240. The number of nitrogens with zero attached hydrogens (tertiary/aromatic N) is 2. The van der Waals surface area contributed by atoms with Gasteiger partial charge in [-0.2, -0.15) is 0 Å². The summed E-state index contributed by atoms with van der Waals surface area (Å²) < 4.78 is 13.9. The molecule has 1 saturated carbocycles. The smallest absolute Gasteiger partial charge is 0.336 e. The van der Waals surface area contributed by atoms with Crippen molar-refractivity contribution in [2.75, 3.05) is 13.1 Å². The highest BCUT2D eigenvalue weighted by atomic mass is 19.1. The van der Waals surface area contributed by atoms with Gasteiger partial charge in [0.05, 0.1) is 18.5 Å². The summed E-state index contributed by atoms with van der Waals surface area (Å²) >= 11 is 0. The maximum absolute atomic E-state index is 13.9. The lowest BCUT2D eigenvalue weighted by Gasteiger charge is -2.29. The van der Waals surface area contributed by atoms with Gasteiger partial charge >= 0.3 is 17.9 Å². The maximum Gasteiger partial charge on any atom is 0.336 e. The second-order valence-electron chi connectivity index (χ2n) is 9.31. The van der Waals surface area contributed by atoms with Gasteiger partial charge in [-0.05, 0) is 37.0 Å². The molecule has 2 aromatic rings. The van der Waals surface area contributed by atoms with E-state index in [0.29, 0.717) is 12.5 Å². The van der Waals surface area contributed by atoms with E-state index in [1.54, 1.807) is 12.3 Å². The number of aromatic nitrogens is 1. The van der Waals surface area contributed by atoms with Crippen LogP contribution in [0.3, 0.4) is 0 Å². The van der Waals surface area contributed by atoms with Gasteiger partial charge in [-0.3, -0.25) is 19.5 Å². The Labute approximate surface area is 206 Å². The third-order valence-corrected chi connectivity index (χ3v) is 6.77. The third kappa shape index (κ3) is 6.23. The monoisotopic (exact) mass is 504 g/mol. The zero-order valence-corrected chi connectivity index (χ0v) is 19.5. The van der Waals surface area contributed by atoms with Crippen molar-refractivity contribution >= 4 is 17.9 Å². The van der Waals surface area contributed by atoms with E-state index in [4.69, 9.17) is 20.4 Å². The van der Waals surface area contributed by atoms with Crippen molar-refractivity contribution in [3.63, 3.8) is 0 Å². The summed E-state index contributed by atoms with van der Waals surface area (Å²) in [5, 5.41) is 45.0. The number of fused-ring (bicyclic) bond motifs is 1. The van der Waals surface area contributed by atoms with Crippen LogP contribution in [0.25, 0.3) is 0 Å². The van der Waals surface area contributed by atoms with Gasteiger partial charge in [-0.1, -0.05) is 24.3 Å². The molecule has 0 unspecified atom stereocenters. The molecule has 10 nitrogen and oxygen atoms in total. The van der Waals surface area contributed by atoms with Gasteiger partial charge in [-0.25, -0.2) is 9.18 Å². The normalized spacial score (nSPS) is 23.4. The Kier molecular flexibility index (Phi) is 8.39. The number of aliphatic hydroxyl groups is 2. The van der Waals surface area contributed by atoms with Crippen molar-refractivity contribution < 1.29 is 44.3 Å². The standard InChI is InChI=1S/C19H21FN2O.C6H8O7/c20-17-6-2-1-5-15(17)12-22-11-14-8-9-19(23,16(14)13-22)18-7-3-4-10-21-18;7-3(8)1-6(13,5(11)12)2-4(9)10/h1-7,10,14,16,23H,8-9,11-13H2;13H,1-2H2,(H,7,8)(H,9,10)(H,11,12)/t14-,16+,19-;/m0./s1. The number of carbonyl (C=O) groups is 3. The molecule has 3 atom stereocenters. The molecule has 5 N–H and O–H groups in total. The number of pyridine rings is 1. The molecule has 1 aliphatic heterocycles. The number of carboxylic acids is 3. The second-order valence-corrected chi connectivity index (χ2v) is 9.31. The minimum absolute atomic E-state index is 0.149. The van der Waals surface area contributed by atoms with Crippen LogP contribution < -0.4 is 0 Å². The summed E-state index contributed by atoms with van der Waals surface area (Å²) in [5.74, 6) is -4.52. The maximum atomic E-state index is 13.9. The van der Waals surface area contributed by atoms with E-state index in [-0.39, 0.29) is 11.7 Å². The molecule has 11 heteroatoms. The Morgan fingerprint density at radius 3 is 2.22 bits per heavy atom. The van der Waals surface area contributed by atoms with Crippen LogP contribution in [0.15, 0.2) is 48.7 Å². The summed E-state index contributed by atoms with van der Waals surface area (Å²) in [6.45, 7) is 2.33. The molecular weight excluding hydrogens is 475 g/mol. The molecule has 2 heterocycles. The Hall–Kier alpha value is -3.41. The Bertz CT molecular complexity index is 1080. The quantitative estimate of drug-likeness (QED) is 0.357. The first-order valence-electron chi connectivity index (χ1n) is 11.4. The van der Waals surface area contributed by atoms with E-state index in [2.05, 4.69) is 9.88 Å². The molecule has 2 aliphatic rings. The van der Waals surface area contributed by atoms with Crippen molar-refractivity contribution in [3.05, 3.63) is 65.7 Å². The molecule has 0 amide bonds. The Morgan fingerprint density at radius 2 is 1.67 bits per heavy atom. The zero-order chi connectivity index (χ0) is 26.5. The molecule has 2 fully saturated rings. The molecule has 1 aliphatic carbocycles. The van der Waals surface area contributed by atoms with Crippen LogP contribution in [-0.4, -0.2) is 72.0 Å². The van der Waals surface area contributed by atoms with Gasteiger partial charge in [0.1, 0.15) is 11.4 Å². The van der Waals surface area contributed by atoms with E-state index in [0.717, 1.165) is 37.2 Å². The van der Waals surface area contributed by atoms with Crippen LogP contribution in [0.1, 0.15) is 36.9 Å². The number of aliphatic carboxylic acids is 3. The first kappa shape index (κ1) is 27.2. The molecule has 36 heavy (non-hydrogen) atoms. The lowest BCUT2D eigenvalue weighted by Crippen LogP contribution is -2.42. The van der Waals surface area contributed by atoms with Crippen LogP contribution in [0, 0.1) is 17.7 Å². The number of carboxylic acid groups (broad SMARTS) is 3. The summed E-state index contributed by atoms with van der Waals surface area (Å²) in [6.07, 6.45) is 1.23. The molecule has 194 valence electrons. The van der Waals surface area contributed by atoms with Crippen molar-refractivity contribution in [3.8, 4) is 0 Å². The van der Waals surface area contributed by atoms with E-state index in [9.17, 15) is 23.9 Å². The summed E-state index contributed by atoms with van der Waals surface area (Å²) in [6, 6.07) is 12.7. The minimum Gasteiger partial charge on any atom is -0.481 e. The zero-order valence-electron chi connectivity index (χ0n) is 19.5. The number of benzene rings is 1. The largest absolute Gasteiger partial charge is 0.481 e. The van der Waals surface area contributed by atoms with E-state index in [1.165, 1.54) is 6.07 Å². The van der Waals surface area contributed by atoms with Crippen molar-refractivity contribution in [2.45, 2.75) is 43.4 Å². The van der Waals surface area contributed by atoms with Crippen LogP contribution in [0.4, 0.5) is 4.39 Å². The van der Waals surface area contributed by atoms with Gasteiger partial charge < -0.3 is 25.5 Å². The van der Waals surface area contributed by atoms with E-state index in [1.807, 2.05) is 30.3 Å². The molecule has 0 bridgehead atoms. The van der Waals surface area contributed by atoms with Gasteiger partial charge in [-0.15, -0.1) is 0 Å². The molecule has 4 rings (SSSR count). The predicted octanol–water partition coefficient (Wildman–Crippen LogP) is 1.70. The highest BCUT2D eigenvalue weighted by Crippen LogP contribution is 2.50. The third-order valence-electron chi connectivity index (χ3n) is 6.77. The number of hydrogen-bond acceptors (Lipinski definition) is 7. The average Bonchev–Trinajstić information content (AvgIpc) is 3.35. The van der Waals surface area contributed by atoms with Crippen LogP contribution in [0.5, 0.6) is 0 Å². The van der Waals surface area contributed by atoms with Gasteiger partial charge in [0, 0.05) is 37.3 Å². The molecule has 1 aromatic carbocycles. The highest BCUT2D eigenvalue weighted by Gasteiger charge is 2.53. The number of rotatable bonds is 8. The lowest BCUT2D eigenvalue weighted by atomic mass is 9.85. The van der Waals surface area contributed by atoms with Gasteiger partial charge in [0.15, 0.2) is 5.60 Å². The fourth-order valence-electron chi connectivity index (χ4n) is 5.03. The summed E-state index contributed by atoms with van der Waals surface area (Å²) in [7, 11) is 0. The minimum atomic E-state index is -2.74. The number of halogens is 1. The van der Waals surface area contributed by atoms with Crippen molar-refractivity contribution in [1.29, 1.82) is 0 Å². The summed E-state index contributed by atoms with van der Waals surface area (Å²) in [5.41, 5.74) is -2.07. The highest BCUT2D eigenvalue weighted by molar-refractivity contribution is 5.88. The first-order chi connectivity index (χ1) is 16.9. The molecular formula is C25H29FN2O8. The fourth-order valence-corrected chi connectivity index (χ4v) is 5.03. The van der Waals surface area contributed by atoms with Crippen LogP contribution in [-0.2, 0) is 26.5 Å². The van der Waals surface area contributed by atoms with Crippen LogP contribution >= 0.6 is 0 Å². The Morgan fingerprint density at radius 1 is 1.03 bits per heavy atom. The van der Waals surface area contributed by atoms with E-state index >= 15 is 0 Å². The molecule has 1 aromatic heterocycles. The predicted molar refractivity (Wildman–Crippen MR) is 123 cm³/mol. The van der Waals surface area contributed by atoms with Crippen molar-refractivity contribution in [1.82, 2.24) is 9.88 Å². The molecule has 0 radical (unpaired) electrons.